The zero-order chi connectivity index (χ0) is 16.4. The Bertz CT molecular complexity index is 585. The lowest BCUT2D eigenvalue weighted by Crippen LogP contribution is -2.49. The zero-order valence-corrected chi connectivity index (χ0v) is 13.6. The van der Waals surface area contributed by atoms with Gasteiger partial charge in [-0.1, -0.05) is 0 Å². The highest BCUT2D eigenvalue weighted by Crippen LogP contribution is 2.25. The van der Waals surface area contributed by atoms with Crippen LogP contribution in [0.5, 0.6) is 0 Å². The lowest BCUT2D eigenvalue weighted by molar-refractivity contribution is -0.138. The van der Waals surface area contributed by atoms with Gasteiger partial charge in [0.25, 0.3) is 0 Å². The summed E-state index contributed by atoms with van der Waals surface area (Å²) in [4.78, 5) is 27.8. The molecule has 3 amide bonds. The number of rotatable bonds is 3. The number of aromatic nitrogens is 2. The molecule has 0 radical (unpaired) electrons. The molecule has 0 aromatic carbocycles. The number of urea groups is 1. The number of carbonyl (C=O) groups is 2. The molecule has 0 saturated carbocycles. The molecule has 2 fully saturated rings. The van der Waals surface area contributed by atoms with Crippen molar-refractivity contribution in [3.05, 3.63) is 18.0 Å². The Morgan fingerprint density at radius 1 is 1.30 bits per heavy atom. The van der Waals surface area contributed by atoms with Crippen LogP contribution in [0.25, 0.3) is 0 Å². The molecule has 0 unspecified atom stereocenters. The second kappa shape index (κ2) is 6.60. The SMILES string of the molecule is Cc1cnn(C[C@@H]2CCCN2C(=O)[C@@H]2CCCN(C(N)=O)C2)c1. The number of likely N-dealkylation sites (tertiary alicyclic amines) is 2. The summed E-state index contributed by atoms with van der Waals surface area (Å²) in [5, 5.41) is 4.33. The number of nitrogens with zero attached hydrogens (tertiary/aromatic N) is 4. The topological polar surface area (TPSA) is 84.5 Å². The van der Waals surface area contributed by atoms with E-state index in [1.165, 1.54) is 0 Å². The highest BCUT2D eigenvalue weighted by atomic mass is 16.2. The summed E-state index contributed by atoms with van der Waals surface area (Å²) in [6.07, 6.45) is 7.58. The lowest BCUT2D eigenvalue weighted by Gasteiger charge is -2.34. The summed E-state index contributed by atoms with van der Waals surface area (Å²) in [6.45, 7) is 4.68. The average Bonchev–Trinajstić information content (AvgIpc) is 3.16. The summed E-state index contributed by atoms with van der Waals surface area (Å²) in [6, 6.07) is -0.224. The molecule has 1 aromatic heterocycles. The first-order valence-corrected chi connectivity index (χ1v) is 8.38. The Balaban J connectivity index is 1.64. The molecule has 7 nitrogen and oxygen atoms in total. The number of nitrogens with two attached hydrogens (primary N) is 1. The molecule has 1 aromatic rings. The molecule has 2 atom stereocenters. The van der Waals surface area contributed by atoms with E-state index in [0.717, 1.165) is 44.3 Å². The van der Waals surface area contributed by atoms with E-state index < -0.39 is 6.03 Å². The van der Waals surface area contributed by atoms with Gasteiger partial charge in [0.15, 0.2) is 0 Å². The van der Waals surface area contributed by atoms with Crippen LogP contribution in [0, 0.1) is 12.8 Å². The van der Waals surface area contributed by atoms with Gasteiger partial charge >= 0.3 is 6.03 Å². The Morgan fingerprint density at radius 2 is 2.09 bits per heavy atom. The molecule has 2 aliphatic heterocycles. The maximum atomic E-state index is 12.9. The molecule has 3 rings (SSSR count). The molecule has 2 saturated heterocycles. The average molecular weight is 319 g/mol. The van der Waals surface area contributed by atoms with Crippen molar-refractivity contribution in [2.24, 2.45) is 11.7 Å². The second-order valence-electron chi connectivity index (χ2n) is 6.69. The molecule has 2 aliphatic rings. The van der Waals surface area contributed by atoms with Crippen LogP contribution in [0.15, 0.2) is 12.4 Å². The van der Waals surface area contributed by atoms with Gasteiger partial charge < -0.3 is 15.5 Å². The number of aryl methyl sites for hydroxylation is 1. The standard InChI is InChI=1S/C16H25N5O2/c1-12-8-18-20(9-12)11-14-5-3-7-21(14)15(22)13-4-2-6-19(10-13)16(17)23/h8-9,13-14H,2-7,10-11H2,1H3,(H2,17,23)/t13-,14+/m1/s1. The number of hydrogen-bond acceptors (Lipinski definition) is 3. The Kier molecular flexibility index (Phi) is 4.54. The van der Waals surface area contributed by atoms with Crippen molar-refractivity contribution in [3.63, 3.8) is 0 Å². The van der Waals surface area contributed by atoms with E-state index in [1.807, 2.05) is 28.9 Å². The highest BCUT2D eigenvalue weighted by Gasteiger charge is 2.35. The van der Waals surface area contributed by atoms with Gasteiger partial charge in [-0.3, -0.25) is 9.48 Å². The number of hydrogen-bond donors (Lipinski definition) is 1. The maximum Gasteiger partial charge on any atom is 0.314 e. The fourth-order valence-corrected chi connectivity index (χ4v) is 3.71. The van der Waals surface area contributed by atoms with Crippen molar-refractivity contribution < 1.29 is 9.59 Å². The molecule has 126 valence electrons. The van der Waals surface area contributed by atoms with E-state index in [-0.39, 0.29) is 17.9 Å². The van der Waals surface area contributed by atoms with Crippen LogP contribution in [-0.4, -0.2) is 57.2 Å². The van der Waals surface area contributed by atoms with Gasteiger partial charge in [0, 0.05) is 25.8 Å². The van der Waals surface area contributed by atoms with Crippen LogP contribution in [-0.2, 0) is 11.3 Å². The molecule has 2 N–H and O–H groups in total. The summed E-state index contributed by atoms with van der Waals surface area (Å²) < 4.78 is 1.92. The number of primary amides is 1. The first kappa shape index (κ1) is 15.8. The van der Waals surface area contributed by atoms with Crippen molar-refractivity contribution in [2.45, 2.75) is 45.2 Å². The molecule has 3 heterocycles. The molecular formula is C16H25N5O2. The third kappa shape index (κ3) is 3.48. The maximum absolute atomic E-state index is 12.9. The van der Waals surface area contributed by atoms with E-state index in [1.54, 1.807) is 4.90 Å². The Labute approximate surface area is 136 Å². The highest BCUT2D eigenvalue weighted by molar-refractivity contribution is 5.81. The quantitative estimate of drug-likeness (QED) is 0.901. The number of piperidine rings is 1. The van der Waals surface area contributed by atoms with Crippen LogP contribution in [0.2, 0.25) is 0 Å². The summed E-state index contributed by atoms with van der Waals surface area (Å²) >= 11 is 0. The van der Waals surface area contributed by atoms with Crippen molar-refractivity contribution in [2.75, 3.05) is 19.6 Å². The predicted octanol–water partition coefficient (Wildman–Crippen LogP) is 0.973. The third-order valence-corrected chi connectivity index (χ3v) is 4.90. The molecule has 0 aliphatic carbocycles. The molecule has 23 heavy (non-hydrogen) atoms. The van der Waals surface area contributed by atoms with Gasteiger partial charge in [-0.2, -0.15) is 5.10 Å². The summed E-state index contributed by atoms with van der Waals surface area (Å²) in [5.74, 6) is 0.0542. The van der Waals surface area contributed by atoms with Crippen LogP contribution in [0.3, 0.4) is 0 Å². The van der Waals surface area contributed by atoms with Crippen LogP contribution >= 0.6 is 0 Å². The van der Waals surface area contributed by atoms with E-state index >= 15 is 0 Å². The van der Waals surface area contributed by atoms with Crippen LogP contribution in [0.4, 0.5) is 4.79 Å². The summed E-state index contributed by atoms with van der Waals surface area (Å²) in [7, 11) is 0. The van der Waals surface area contributed by atoms with E-state index in [2.05, 4.69) is 5.10 Å². The first-order valence-electron chi connectivity index (χ1n) is 8.38. The molecular weight excluding hydrogens is 294 g/mol. The Hall–Kier alpha value is -2.05. The van der Waals surface area contributed by atoms with E-state index in [0.29, 0.717) is 13.1 Å². The lowest BCUT2D eigenvalue weighted by atomic mass is 9.96. The van der Waals surface area contributed by atoms with Crippen LogP contribution in [0.1, 0.15) is 31.2 Å². The largest absolute Gasteiger partial charge is 0.351 e. The van der Waals surface area contributed by atoms with Gasteiger partial charge in [0.2, 0.25) is 5.91 Å². The first-order chi connectivity index (χ1) is 11.0. The van der Waals surface area contributed by atoms with Crippen molar-refractivity contribution in [1.82, 2.24) is 19.6 Å². The predicted molar refractivity (Wildman–Crippen MR) is 85.6 cm³/mol. The van der Waals surface area contributed by atoms with Gasteiger partial charge in [-0.15, -0.1) is 0 Å². The second-order valence-corrected chi connectivity index (χ2v) is 6.69. The van der Waals surface area contributed by atoms with Gasteiger partial charge in [-0.05, 0) is 38.2 Å². The van der Waals surface area contributed by atoms with Gasteiger partial charge in [-0.25, -0.2) is 4.79 Å². The minimum atomic E-state index is -0.424. The minimum absolute atomic E-state index is 0.115. The van der Waals surface area contributed by atoms with Gasteiger partial charge in [0.05, 0.1) is 24.7 Å². The van der Waals surface area contributed by atoms with Crippen molar-refractivity contribution >= 4 is 11.9 Å². The molecule has 0 bridgehead atoms. The molecule has 0 spiro atoms. The normalized spacial score (nSPS) is 24.9. The summed E-state index contributed by atoms with van der Waals surface area (Å²) in [5.41, 5.74) is 6.50. The fraction of sp³-hybridized carbons (Fsp3) is 0.688. The smallest absolute Gasteiger partial charge is 0.314 e. The van der Waals surface area contributed by atoms with Gasteiger partial charge in [0.1, 0.15) is 0 Å². The van der Waals surface area contributed by atoms with Crippen LogP contribution < -0.4 is 5.73 Å². The number of amides is 3. The van der Waals surface area contributed by atoms with Crippen molar-refractivity contribution in [3.8, 4) is 0 Å². The third-order valence-electron chi connectivity index (χ3n) is 4.90. The minimum Gasteiger partial charge on any atom is -0.351 e. The number of carbonyl (C=O) groups excluding carboxylic acids is 2. The monoisotopic (exact) mass is 319 g/mol. The Morgan fingerprint density at radius 3 is 2.78 bits per heavy atom. The van der Waals surface area contributed by atoms with Crippen molar-refractivity contribution in [1.29, 1.82) is 0 Å². The van der Waals surface area contributed by atoms with E-state index in [4.69, 9.17) is 5.73 Å². The van der Waals surface area contributed by atoms with E-state index in [9.17, 15) is 9.59 Å². The molecule has 7 heteroatoms. The fourth-order valence-electron chi connectivity index (χ4n) is 3.71. The zero-order valence-electron chi connectivity index (χ0n) is 13.6.